The second-order valence-electron chi connectivity index (χ2n) is 11.0. The van der Waals surface area contributed by atoms with Crippen molar-refractivity contribution in [3.8, 4) is 22.8 Å². The van der Waals surface area contributed by atoms with E-state index in [0.29, 0.717) is 59.3 Å². The molecule has 8 nitrogen and oxygen atoms in total. The van der Waals surface area contributed by atoms with Gasteiger partial charge in [-0.05, 0) is 86.1 Å². The van der Waals surface area contributed by atoms with Crippen molar-refractivity contribution in [2.45, 2.75) is 70.8 Å². The van der Waals surface area contributed by atoms with Crippen LogP contribution in [0.5, 0.6) is 5.75 Å². The quantitative estimate of drug-likeness (QED) is 0.232. The van der Waals surface area contributed by atoms with Crippen molar-refractivity contribution in [1.29, 1.82) is 0 Å². The van der Waals surface area contributed by atoms with Gasteiger partial charge >= 0.3 is 6.18 Å². The van der Waals surface area contributed by atoms with E-state index in [4.69, 9.17) is 9.72 Å². The van der Waals surface area contributed by atoms with Gasteiger partial charge in [-0.3, -0.25) is 19.3 Å². The lowest BCUT2D eigenvalue weighted by Gasteiger charge is -2.32. The van der Waals surface area contributed by atoms with Gasteiger partial charge in [0.2, 0.25) is 0 Å². The first-order valence-electron chi connectivity index (χ1n) is 13.5. The van der Waals surface area contributed by atoms with E-state index in [0.717, 1.165) is 12.8 Å². The Bertz CT molecular complexity index is 1730. The van der Waals surface area contributed by atoms with Gasteiger partial charge < -0.3 is 9.84 Å². The normalized spacial score (nSPS) is 19.0. The first kappa shape index (κ1) is 30.7. The molecule has 0 atom stereocenters. The molecule has 43 heavy (non-hydrogen) atoms. The molecule has 4 heterocycles. The van der Waals surface area contributed by atoms with Crippen LogP contribution in [-0.2, 0) is 12.8 Å². The van der Waals surface area contributed by atoms with E-state index in [1.54, 1.807) is 38.4 Å². The van der Waals surface area contributed by atoms with Crippen molar-refractivity contribution in [3.05, 3.63) is 91.8 Å². The third kappa shape index (κ3) is 6.62. The Balaban J connectivity index is 1.45. The molecule has 1 aliphatic carbocycles. The second kappa shape index (κ2) is 11.8. The van der Waals surface area contributed by atoms with Gasteiger partial charge in [-0.2, -0.15) is 13.2 Å². The third-order valence-electron chi connectivity index (χ3n) is 7.59. The summed E-state index contributed by atoms with van der Waals surface area (Å²) >= 11 is 3.24. The number of aryl methyl sites for hydroxylation is 2. The summed E-state index contributed by atoms with van der Waals surface area (Å²) in [5.74, 6) is -0.310. The van der Waals surface area contributed by atoms with Gasteiger partial charge in [0.25, 0.3) is 5.56 Å². The number of hydrogen-bond acceptors (Lipinski definition) is 7. The number of nitrogens with zero attached hydrogens (tertiary/aromatic N) is 5. The number of halogens is 5. The van der Waals surface area contributed by atoms with E-state index in [-0.39, 0.29) is 16.1 Å². The fourth-order valence-corrected chi connectivity index (χ4v) is 5.57. The van der Waals surface area contributed by atoms with Crippen molar-refractivity contribution in [2.75, 3.05) is 0 Å². The van der Waals surface area contributed by atoms with E-state index in [1.165, 1.54) is 10.6 Å². The smallest absolute Gasteiger partial charge is 0.418 e. The molecule has 0 saturated heterocycles. The predicted octanol–water partition coefficient (Wildman–Crippen LogP) is 6.61. The zero-order valence-corrected chi connectivity index (χ0v) is 25.1. The molecule has 5 rings (SSSR count). The minimum Gasteiger partial charge on any atom is -0.486 e. The highest BCUT2D eigenvalue weighted by atomic mass is 79.9. The van der Waals surface area contributed by atoms with E-state index >= 15 is 0 Å². The molecule has 4 aromatic rings. The highest BCUT2D eigenvalue weighted by Gasteiger charge is 2.35. The van der Waals surface area contributed by atoms with Gasteiger partial charge in [0.1, 0.15) is 28.5 Å². The van der Waals surface area contributed by atoms with Crippen LogP contribution in [0.15, 0.2) is 52.1 Å². The SMILES string of the molecule is Cc1cnc(-c2ccnc(C3CCC(C)(O)CC3)n2)cc1-n1c(C)cc(OCc2ncc(F)cc2C(F)(F)F)c(Br)c1=O. The average molecular weight is 662 g/mol. The van der Waals surface area contributed by atoms with Crippen LogP contribution in [0, 0.1) is 19.7 Å². The van der Waals surface area contributed by atoms with Crippen molar-refractivity contribution in [3.63, 3.8) is 0 Å². The molecule has 0 aromatic carbocycles. The Hall–Kier alpha value is -3.71. The van der Waals surface area contributed by atoms with Crippen LogP contribution >= 0.6 is 15.9 Å². The molecule has 0 radical (unpaired) electrons. The summed E-state index contributed by atoms with van der Waals surface area (Å²) in [7, 11) is 0. The van der Waals surface area contributed by atoms with Gasteiger partial charge in [-0.15, -0.1) is 0 Å². The van der Waals surface area contributed by atoms with Crippen molar-refractivity contribution >= 4 is 15.9 Å². The molecule has 0 bridgehead atoms. The largest absolute Gasteiger partial charge is 0.486 e. The lowest BCUT2D eigenvalue weighted by atomic mass is 9.79. The van der Waals surface area contributed by atoms with Crippen LogP contribution < -0.4 is 10.3 Å². The minimum atomic E-state index is -4.83. The van der Waals surface area contributed by atoms with E-state index < -0.39 is 41.0 Å². The van der Waals surface area contributed by atoms with Crippen LogP contribution in [0.4, 0.5) is 17.6 Å². The van der Waals surface area contributed by atoms with E-state index in [1.807, 2.05) is 6.92 Å². The minimum absolute atomic E-state index is 0.0102. The monoisotopic (exact) mass is 661 g/mol. The summed E-state index contributed by atoms with van der Waals surface area (Å²) < 4.78 is 60.6. The first-order valence-corrected chi connectivity index (χ1v) is 14.3. The predicted molar refractivity (Wildman–Crippen MR) is 153 cm³/mol. The van der Waals surface area contributed by atoms with Crippen LogP contribution in [0.2, 0.25) is 0 Å². The lowest BCUT2D eigenvalue weighted by Crippen LogP contribution is -2.30. The van der Waals surface area contributed by atoms with Crippen LogP contribution in [-0.4, -0.2) is 35.2 Å². The number of pyridine rings is 3. The molecule has 0 unspecified atom stereocenters. The van der Waals surface area contributed by atoms with Gasteiger partial charge in [-0.25, -0.2) is 14.4 Å². The highest BCUT2D eigenvalue weighted by molar-refractivity contribution is 9.10. The molecule has 13 heteroatoms. The standard InChI is InChI=1S/C30H28BrF4N5O3/c1-16-13-37-22(21-6-9-36-27(39-21)18-4-7-29(3,42)8-5-18)12-24(16)40-17(2)10-25(26(31)28(40)41)43-15-23-20(30(33,34)35)11-19(32)14-38-23/h6,9-14,18,42H,4-5,7-8,15H2,1-3H3. The molecule has 4 aromatic heterocycles. The number of hydrogen-bond donors (Lipinski definition) is 1. The lowest BCUT2D eigenvalue weighted by molar-refractivity contribution is -0.139. The van der Waals surface area contributed by atoms with Gasteiger partial charge in [-0.1, -0.05) is 0 Å². The molecule has 0 amide bonds. The highest BCUT2D eigenvalue weighted by Crippen LogP contribution is 2.37. The Morgan fingerprint density at radius 3 is 2.51 bits per heavy atom. The Kier molecular flexibility index (Phi) is 8.41. The van der Waals surface area contributed by atoms with E-state index in [9.17, 15) is 27.5 Å². The molecular weight excluding hydrogens is 634 g/mol. The van der Waals surface area contributed by atoms with Crippen molar-refractivity contribution in [1.82, 2.24) is 24.5 Å². The number of ether oxygens (including phenoxy) is 1. The van der Waals surface area contributed by atoms with Crippen LogP contribution in [0.25, 0.3) is 17.1 Å². The summed E-state index contributed by atoms with van der Waals surface area (Å²) in [5, 5.41) is 10.3. The van der Waals surface area contributed by atoms with Crippen LogP contribution in [0.3, 0.4) is 0 Å². The summed E-state index contributed by atoms with van der Waals surface area (Å²) in [5.41, 5.74) is -0.155. The number of aromatic nitrogens is 5. The zero-order chi connectivity index (χ0) is 31.1. The summed E-state index contributed by atoms with van der Waals surface area (Å²) in [4.78, 5) is 30.8. The maximum atomic E-state index is 13.5. The molecule has 1 fully saturated rings. The van der Waals surface area contributed by atoms with Gasteiger partial charge in [0.05, 0.1) is 40.1 Å². The summed E-state index contributed by atoms with van der Waals surface area (Å²) in [6.07, 6.45) is 2.03. The molecule has 1 saturated carbocycles. The number of rotatable bonds is 6. The molecule has 1 aliphatic rings. The van der Waals surface area contributed by atoms with Crippen LogP contribution in [0.1, 0.15) is 66.9 Å². The van der Waals surface area contributed by atoms with Crippen molar-refractivity contribution < 1.29 is 27.4 Å². The number of aliphatic hydroxyl groups is 1. The third-order valence-corrected chi connectivity index (χ3v) is 8.32. The first-order chi connectivity index (χ1) is 20.2. The second-order valence-corrected chi connectivity index (χ2v) is 11.8. The fourth-order valence-electron chi connectivity index (χ4n) is 5.17. The molecule has 226 valence electrons. The van der Waals surface area contributed by atoms with E-state index in [2.05, 4.69) is 30.9 Å². The Labute approximate surface area is 253 Å². The summed E-state index contributed by atoms with van der Waals surface area (Å²) in [6.45, 7) is 4.67. The topological polar surface area (TPSA) is 103 Å². The Morgan fingerprint density at radius 1 is 1.09 bits per heavy atom. The van der Waals surface area contributed by atoms with Gasteiger partial charge in [0, 0.05) is 30.1 Å². The average Bonchev–Trinajstić information content (AvgIpc) is 2.95. The molecular formula is C30H28BrF4N5O3. The molecule has 0 aliphatic heterocycles. The molecule has 1 N–H and O–H groups in total. The Morgan fingerprint density at radius 2 is 1.81 bits per heavy atom. The maximum absolute atomic E-state index is 13.5. The molecule has 0 spiro atoms. The fraction of sp³-hybridized carbons (Fsp3) is 0.367. The van der Waals surface area contributed by atoms with Gasteiger partial charge in [0.15, 0.2) is 0 Å². The number of alkyl halides is 3. The summed E-state index contributed by atoms with van der Waals surface area (Å²) in [6, 6.07) is 5.36. The van der Waals surface area contributed by atoms with Crippen molar-refractivity contribution in [2.24, 2.45) is 0 Å². The zero-order valence-electron chi connectivity index (χ0n) is 23.5. The maximum Gasteiger partial charge on any atom is 0.418 e.